The molecule has 2 aromatic rings. The first-order valence-corrected chi connectivity index (χ1v) is 7.81. The lowest BCUT2D eigenvalue weighted by atomic mass is 10.0. The summed E-state index contributed by atoms with van der Waals surface area (Å²) in [5, 5.41) is 0. The number of nitrogens with zero attached hydrogens (tertiary/aromatic N) is 3. The van der Waals surface area contributed by atoms with E-state index in [1.807, 2.05) is 12.3 Å². The van der Waals surface area contributed by atoms with Gasteiger partial charge in [-0.25, -0.2) is 0 Å². The molecule has 3 nitrogen and oxygen atoms in total. The molecule has 118 valence electrons. The van der Waals surface area contributed by atoms with Gasteiger partial charge in [-0.15, -0.1) is 0 Å². The third-order valence-electron chi connectivity index (χ3n) is 4.20. The highest BCUT2D eigenvalue weighted by molar-refractivity contribution is 5.26. The van der Waals surface area contributed by atoms with Gasteiger partial charge in [0.2, 0.25) is 0 Å². The molecular weight excluding hydrogens is 270 g/mol. The molecular formula is C19H27N3. The maximum Gasteiger partial charge on any atom is 0.0573 e. The Morgan fingerprint density at radius 1 is 1.05 bits per heavy atom. The summed E-state index contributed by atoms with van der Waals surface area (Å²) in [6, 6.07) is 13.4. The van der Waals surface area contributed by atoms with Gasteiger partial charge < -0.3 is 4.90 Å². The Morgan fingerprint density at radius 2 is 1.82 bits per heavy atom. The highest BCUT2D eigenvalue weighted by Crippen LogP contribution is 2.19. The monoisotopic (exact) mass is 297 g/mol. The van der Waals surface area contributed by atoms with Crippen LogP contribution in [0.1, 0.15) is 35.3 Å². The number of aryl methyl sites for hydroxylation is 1. The smallest absolute Gasteiger partial charge is 0.0573 e. The molecule has 22 heavy (non-hydrogen) atoms. The van der Waals surface area contributed by atoms with E-state index < -0.39 is 0 Å². The molecule has 0 saturated heterocycles. The van der Waals surface area contributed by atoms with Crippen LogP contribution >= 0.6 is 0 Å². The van der Waals surface area contributed by atoms with Crippen LogP contribution in [-0.2, 0) is 13.1 Å². The topological polar surface area (TPSA) is 19.4 Å². The van der Waals surface area contributed by atoms with Gasteiger partial charge in [-0.3, -0.25) is 9.88 Å². The largest absolute Gasteiger partial charge is 0.303 e. The van der Waals surface area contributed by atoms with Crippen molar-refractivity contribution in [2.24, 2.45) is 0 Å². The molecule has 1 aromatic carbocycles. The van der Waals surface area contributed by atoms with Crippen molar-refractivity contribution >= 4 is 0 Å². The summed E-state index contributed by atoms with van der Waals surface area (Å²) >= 11 is 0. The molecule has 0 amide bonds. The molecule has 0 aliphatic heterocycles. The third-order valence-corrected chi connectivity index (χ3v) is 4.20. The number of rotatable bonds is 6. The van der Waals surface area contributed by atoms with E-state index in [-0.39, 0.29) is 0 Å². The van der Waals surface area contributed by atoms with Crippen LogP contribution in [0.4, 0.5) is 0 Å². The highest BCUT2D eigenvalue weighted by atomic mass is 15.1. The Bertz CT molecular complexity index is 607. The van der Waals surface area contributed by atoms with Gasteiger partial charge >= 0.3 is 0 Å². The van der Waals surface area contributed by atoms with Crippen LogP contribution in [0.5, 0.6) is 0 Å². The third kappa shape index (κ3) is 4.39. The van der Waals surface area contributed by atoms with Crippen molar-refractivity contribution in [2.45, 2.75) is 33.0 Å². The number of hydrogen-bond donors (Lipinski definition) is 0. The van der Waals surface area contributed by atoms with Crippen molar-refractivity contribution in [3.05, 3.63) is 65.0 Å². The molecule has 2 rings (SSSR count). The van der Waals surface area contributed by atoms with E-state index >= 15 is 0 Å². The molecule has 1 atom stereocenters. The minimum Gasteiger partial charge on any atom is -0.303 e. The maximum atomic E-state index is 4.48. The summed E-state index contributed by atoms with van der Waals surface area (Å²) in [6.45, 7) is 6.17. The van der Waals surface area contributed by atoms with E-state index in [0.717, 1.165) is 18.8 Å². The summed E-state index contributed by atoms with van der Waals surface area (Å²) in [5.41, 5.74) is 5.12. The van der Waals surface area contributed by atoms with Gasteiger partial charge in [0.1, 0.15) is 0 Å². The number of pyridine rings is 1. The molecule has 0 N–H and O–H groups in total. The summed E-state index contributed by atoms with van der Waals surface area (Å²) in [5.74, 6) is 0. The first kappa shape index (κ1) is 16.7. The van der Waals surface area contributed by atoms with Crippen LogP contribution in [0.25, 0.3) is 0 Å². The molecule has 0 aliphatic carbocycles. The van der Waals surface area contributed by atoms with Gasteiger partial charge in [0, 0.05) is 25.3 Å². The van der Waals surface area contributed by atoms with Gasteiger partial charge in [-0.2, -0.15) is 0 Å². The second-order valence-corrected chi connectivity index (χ2v) is 6.32. The van der Waals surface area contributed by atoms with Crippen molar-refractivity contribution in [1.29, 1.82) is 0 Å². The van der Waals surface area contributed by atoms with Gasteiger partial charge in [0.25, 0.3) is 0 Å². The Hall–Kier alpha value is -1.71. The summed E-state index contributed by atoms with van der Waals surface area (Å²) < 4.78 is 0. The normalized spacial score (nSPS) is 12.9. The molecule has 0 bridgehead atoms. The molecule has 0 unspecified atom stereocenters. The predicted molar refractivity (Wildman–Crippen MR) is 92.7 cm³/mol. The van der Waals surface area contributed by atoms with E-state index in [1.165, 1.54) is 16.7 Å². The van der Waals surface area contributed by atoms with Gasteiger partial charge in [-0.1, -0.05) is 30.3 Å². The molecule has 3 heteroatoms. The van der Waals surface area contributed by atoms with Crippen molar-refractivity contribution in [3.63, 3.8) is 0 Å². The Kier molecular flexibility index (Phi) is 5.69. The number of hydrogen-bond acceptors (Lipinski definition) is 3. The van der Waals surface area contributed by atoms with Crippen LogP contribution in [0, 0.1) is 6.92 Å². The molecule has 1 aromatic heterocycles. The van der Waals surface area contributed by atoms with E-state index in [2.05, 4.69) is 80.1 Å². The Morgan fingerprint density at radius 3 is 2.50 bits per heavy atom. The standard InChI is InChI=1S/C19H27N3/c1-15-8-7-11-20-19(15)14-22(5)13-17-9-6-10-18(12-17)16(2)21(3)4/h6-12,16H,13-14H2,1-5H3/t16-/m0/s1. The lowest BCUT2D eigenvalue weighted by Crippen LogP contribution is -2.20. The molecule has 0 fully saturated rings. The first-order valence-electron chi connectivity index (χ1n) is 7.81. The quantitative estimate of drug-likeness (QED) is 0.811. The highest BCUT2D eigenvalue weighted by Gasteiger charge is 2.09. The van der Waals surface area contributed by atoms with Crippen molar-refractivity contribution < 1.29 is 0 Å². The fraction of sp³-hybridized carbons (Fsp3) is 0.421. The van der Waals surface area contributed by atoms with Gasteiger partial charge in [0.05, 0.1) is 5.69 Å². The number of aromatic nitrogens is 1. The Balaban J connectivity index is 2.04. The summed E-state index contributed by atoms with van der Waals surface area (Å²) in [7, 11) is 6.39. The van der Waals surface area contributed by atoms with Crippen LogP contribution in [-0.4, -0.2) is 35.9 Å². The van der Waals surface area contributed by atoms with Crippen molar-refractivity contribution in [2.75, 3.05) is 21.1 Å². The van der Waals surface area contributed by atoms with Crippen LogP contribution in [0.3, 0.4) is 0 Å². The minimum absolute atomic E-state index is 0.434. The zero-order valence-corrected chi connectivity index (χ0v) is 14.4. The average molecular weight is 297 g/mol. The maximum absolute atomic E-state index is 4.48. The van der Waals surface area contributed by atoms with Crippen LogP contribution in [0.2, 0.25) is 0 Å². The molecule has 1 heterocycles. The predicted octanol–water partition coefficient (Wildman–Crippen LogP) is 3.64. The molecule has 0 radical (unpaired) electrons. The van der Waals surface area contributed by atoms with E-state index in [4.69, 9.17) is 0 Å². The van der Waals surface area contributed by atoms with Gasteiger partial charge in [0.15, 0.2) is 0 Å². The fourth-order valence-corrected chi connectivity index (χ4v) is 2.56. The zero-order valence-electron chi connectivity index (χ0n) is 14.4. The van der Waals surface area contributed by atoms with Crippen LogP contribution < -0.4 is 0 Å². The average Bonchev–Trinajstić information content (AvgIpc) is 2.49. The Labute approximate surface area is 134 Å². The second-order valence-electron chi connectivity index (χ2n) is 6.32. The van der Waals surface area contributed by atoms with E-state index in [0.29, 0.717) is 6.04 Å². The van der Waals surface area contributed by atoms with E-state index in [9.17, 15) is 0 Å². The molecule has 0 aliphatic rings. The SMILES string of the molecule is Cc1cccnc1CN(C)Cc1cccc([C@H](C)N(C)C)c1. The summed E-state index contributed by atoms with van der Waals surface area (Å²) in [4.78, 5) is 9.03. The second kappa shape index (κ2) is 7.52. The lowest BCUT2D eigenvalue weighted by Gasteiger charge is -2.22. The van der Waals surface area contributed by atoms with Crippen molar-refractivity contribution in [1.82, 2.24) is 14.8 Å². The van der Waals surface area contributed by atoms with E-state index in [1.54, 1.807) is 0 Å². The lowest BCUT2D eigenvalue weighted by molar-refractivity contribution is 0.310. The first-order chi connectivity index (χ1) is 10.5. The van der Waals surface area contributed by atoms with Gasteiger partial charge in [-0.05, 0) is 57.7 Å². The van der Waals surface area contributed by atoms with Crippen molar-refractivity contribution in [3.8, 4) is 0 Å². The molecule has 0 saturated carbocycles. The minimum atomic E-state index is 0.434. The van der Waals surface area contributed by atoms with Crippen LogP contribution in [0.15, 0.2) is 42.6 Å². The fourth-order valence-electron chi connectivity index (χ4n) is 2.56. The summed E-state index contributed by atoms with van der Waals surface area (Å²) in [6.07, 6.45) is 1.87. The number of benzene rings is 1. The zero-order chi connectivity index (χ0) is 16.1. The molecule has 0 spiro atoms.